The number of amides is 2. The third kappa shape index (κ3) is 2.81. The van der Waals surface area contributed by atoms with E-state index < -0.39 is 0 Å². The number of rotatable bonds is 3. The van der Waals surface area contributed by atoms with Crippen LogP contribution in [0, 0.1) is 17.3 Å². The molecule has 4 aliphatic rings. The number of hydrazine groups is 1. The van der Waals surface area contributed by atoms with Crippen molar-refractivity contribution in [2.24, 2.45) is 17.3 Å². The van der Waals surface area contributed by atoms with Gasteiger partial charge < -0.3 is 0 Å². The van der Waals surface area contributed by atoms with Crippen molar-refractivity contribution in [3.05, 3.63) is 66.0 Å². The molecule has 4 fully saturated rings. The van der Waals surface area contributed by atoms with Crippen LogP contribution in [0.15, 0.2) is 54.7 Å². The minimum absolute atomic E-state index is 0.0359. The van der Waals surface area contributed by atoms with Crippen molar-refractivity contribution in [3.8, 4) is 0 Å². The molecule has 1 aromatic heterocycles. The Kier molecular flexibility index (Phi) is 4.00. The van der Waals surface area contributed by atoms with E-state index in [0.717, 1.165) is 19.3 Å². The highest BCUT2D eigenvalue weighted by Gasteiger charge is 2.60. The predicted molar refractivity (Wildman–Crippen MR) is 105 cm³/mol. The number of carbonyl (C=O) groups is 2. The molecule has 2 unspecified atom stereocenters. The second-order valence-corrected chi connectivity index (χ2v) is 9.01. The van der Waals surface area contributed by atoms with E-state index in [2.05, 4.69) is 46.2 Å². The van der Waals surface area contributed by atoms with Crippen LogP contribution in [-0.4, -0.2) is 16.8 Å². The smallest absolute Gasteiger partial charge is 0.273 e. The molecule has 4 saturated carbocycles. The quantitative estimate of drug-likeness (QED) is 0.808. The Labute approximate surface area is 164 Å². The first-order chi connectivity index (χ1) is 13.6. The molecular weight excluding hydrogens is 350 g/mol. The van der Waals surface area contributed by atoms with Gasteiger partial charge in [0.15, 0.2) is 0 Å². The summed E-state index contributed by atoms with van der Waals surface area (Å²) in [5.74, 6) is 0.778. The van der Waals surface area contributed by atoms with E-state index in [1.54, 1.807) is 24.4 Å². The van der Waals surface area contributed by atoms with Gasteiger partial charge >= 0.3 is 0 Å². The fraction of sp³-hybridized carbons (Fsp3) is 0.435. The van der Waals surface area contributed by atoms with Gasteiger partial charge in [0.25, 0.3) is 5.91 Å². The lowest BCUT2D eigenvalue weighted by molar-refractivity contribution is -0.149. The van der Waals surface area contributed by atoms with Crippen molar-refractivity contribution < 1.29 is 9.59 Å². The molecule has 2 aromatic rings. The monoisotopic (exact) mass is 375 g/mol. The second-order valence-electron chi connectivity index (χ2n) is 9.01. The van der Waals surface area contributed by atoms with Crippen molar-refractivity contribution in [3.63, 3.8) is 0 Å². The number of benzene rings is 1. The molecule has 0 aliphatic heterocycles. The average Bonchev–Trinajstić information content (AvgIpc) is 2.72. The molecule has 0 saturated heterocycles. The molecule has 0 spiro atoms. The zero-order chi connectivity index (χ0) is 19.2. The summed E-state index contributed by atoms with van der Waals surface area (Å²) in [5, 5.41) is 0. The van der Waals surface area contributed by atoms with Crippen LogP contribution >= 0.6 is 0 Å². The lowest BCUT2D eigenvalue weighted by Gasteiger charge is -2.61. The number of hydrogen-bond acceptors (Lipinski definition) is 3. The maximum Gasteiger partial charge on any atom is 0.288 e. The standard InChI is InChI=1S/C23H25N3O2/c27-20(19-8-4-5-9-24-19)25-26-21(28)23-13-16-10-17(14-23)12-22(11-16,15-23)18-6-2-1-3-7-18/h1-9,16-17H,10-15H2,(H,25,27)(H,26,28)/t16-,17+,22?,23?. The summed E-state index contributed by atoms with van der Waals surface area (Å²) in [6.45, 7) is 0. The van der Waals surface area contributed by atoms with Gasteiger partial charge in [0.1, 0.15) is 5.69 Å². The number of aromatic nitrogens is 1. The number of nitrogens with one attached hydrogen (secondary N) is 2. The Hall–Kier alpha value is -2.69. The Morgan fingerprint density at radius 1 is 0.893 bits per heavy atom. The van der Waals surface area contributed by atoms with E-state index in [1.165, 1.54) is 24.8 Å². The Morgan fingerprint density at radius 3 is 2.29 bits per heavy atom. The Bertz CT molecular complexity index is 883. The van der Waals surface area contributed by atoms with Crippen molar-refractivity contribution in [2.75, 3.05) is 0 Å². The lowest BCUT2D eigenvalue weighted by Crippen LogP contribution is -2.60. The van der Waals surface area contributed by atoms with Crippen LogP contribution in [0.25, 0.3) is 0 Å². The van der Waals surface area contributed by atoms with Crippen molar-refractivity contribution in [2.45, 2.75) is 43.9 Å². The molecule has 4 atom stereocenters. The molecule has 4 bridgehead atoms. The molecule has 0 radical (unpaired) electrons. The lowest BCUT2D eigenvalue weighted by atomic mass is 9.42. The Morgan fingerprint density at radius 2 is 1.61 bits per heavy atom. The molecule has 5 heteroatoms. The molecule has 2 amide bonds. The Balaban J connectivity index is 1.36. The SMILES string of the molecule is O=C(NNC(=O)C12C[C@H]3C[C@@H](C1)CC(c1ccccc1)(C3)C2)c1ccccn1. The molecule has 144 valence electrons. The van der Waals surface area contributed by atoms with E-state index >= 15 is 0 Å². The number of pyridine rings is 1. The van der Waals surface area contributed by atoms with Crippen LogP contribution in [0.4, 0.5) is 0 Å². The van der Waals surface area contributed by atoms with Crippen LogP contribution in [0.2, 0.25) is 0 Å². The largest absolute Gasteiger partial charge is 0.288 e. The van der Waals surface area contributed by atoms with Gasteiger partial charge in [-0.2, -0.15) is 0 Å². The summed E-state index contributed by atoms with van der Waals surface area (Å²) in [5.41, 5.74) is 6.70. The van der Waals surface area contributed by atoms with Gasteiger partial charge in [-0.1, -0.05) is 36.4 Å². The summed E-state index contributed by atoms with van der Waals surface area (Å²) in [7, 11) is 0. The van der Waals surface area contributed by atoms with Gasteiger partial charge in [0.2, 0.25) is 5.91 Å². The first-order valence-corrected chi connectivity index (χ1v) is 10.2. The zero-order valence-electron chi connectivity index (χ0n) is 15.9. The van der Waals surface area contributed by atoms with Crippen molar-refractivity contribution >= 4 is 11.8 Å². The fourth-order valence-corrected chi connectivity index (χ4v) is 6.46. The summed E-state index contributed by atoms with van der Waals surface area (Å²) in [6.07, 6.45) is 7.92. The minimum Gasteiger partial charge on any atom is -0.273 e. The molecule has 1 aromatic carbocycles. The van der Waals surface area contributed by atoms with Crippen molar-refractivity contribution in [1.29, 1.82) is 0 Å². The second kappa shape index (κ2) is 6.43. The first kappa shape index (κ1) is 17.4. The van der Waals surface area contributed by atoms with Crippen LogP contribution in [0.1, 0.15) is 54.6 Å². The van der Waals surface area contributed by atoms with Crippen molar-refractivity contribution in [1.82, 2.24) is 15.8 Å². The highest BCUT2D eigenvalue weighted by atomic mass is 16.2. The molecule has 2 N–H and O–H groups in total. The highest BCUT2D eigenvalue weighted by Crippen LogP contribution is 2.65. The summed E-state index contributed by atoms with van der Waals surface area (Å²) < 4.78 is 0. The van der Waals surface area contributed by atoms with Gasteiger partial charge in [-0.3, -0.25) is 25.4 Å². The molecule has 28 heavy (non-hydrogen) atoms. The third-order valence-corrected chi connectivity index (χ3v) is 7.12. The maximum absolute atomic E-state index is 13.3. The third-order valence-electron chi connectivity index (χ3n) is 7.12. The summed E-state index contributed by atoms with van der Waals surface area (Å²) in [6, 6.07) is 15.9. The minimum atomic E-state index is -0.378. The van der Waals surface area contributed by atoms with Gasteiger partial charge in [-0.25, -0.2) is 0 Å². The predicted octanol–water partition coefficient (Wildman–Crippen LogP) is 3.38. The van der Waals surface area contributed by atoms with Crippen LogP contribution in [0.3, 0.4) is 0 Å². The molecule has 4 aliphatic carbocycles. The number of carbonyl (C=O) groups excluding carboxylic acids is 2. The summed E-state index contributed by atoms with van der Waals surface area (Å²) >= 11 is 0. The first-order valence-electron chi connectivity index (χ1n) is 10.2. The van der Waals surface area contributed by atoms with Crippen LogP contribution in [0.5, 0.6) is 0 Å². The topological polar surface area (TPSA) is 71.1 Å². The van der Waals surface area contributed by atoms with Gasteiger partial charge in [-0.05, 0) is 73.5 Å². The molecule has 1 heterocycles. The average molecular weight is 375 g/mol. The van der Waals surface area contributed by atoms with E-state index in [4.69, 9.17) is 0 Å². The molecule has 6 rings (SSSR count). The molecule has 5 nitrogen and oxygen atoms in total. The number of hydrogen-bond donors (Lipinski definition) is 2. The van der Waals surface area contributed by atoms with E-state index in [0.29, 0.717) is 17.5 Å². The highest BCUT2D eigenvalue weighted by molar-refractivity contribution is 5.94. The van der Waals surface area contributed by atoms with Gasteiger partial charge in [-0.15, -0.1) is 0 Å². The molecular formula is C23H25N3O2. The fourth-order valence-electron chi connectivity index (χ4n) is 6.46. The van der Waals surface area contributed by atoms with E-state index in [9.17, 15) is 9.59 Å². The van der Waals surface area contributed by atoms with E-state index in [-0.39, 0.29) is 22.6 Å². The van der Waals surface area contributed by atoms with Gasteiger partial charge in [0, 0.05) is 6.20 Å². The van der Waals surface area contributed by atoms with Crippen LogP contribution < -0.4 is 10.9 Å². The zero-order valence-corrected chi connectivity index (χ0v) is 15.9. The summed E-state index contributed by atoms with van der Waals surface area (Å²) in [4.78, 5) is 29.6. The maximum atomic E-state index is 13.3. The normalized spacial score (nSPS) is 32.7. The van der Waals surface area contributed by atoms with Crippen LogP contribution in [-0.2, 0) is 10.2 Å². The number of nitrogens with zero attached hydrogens (tertiary/aromatic N) is 1. The van der Waals surface area contributed by atoms with Gasteiger partial charge in [0.05, 0.1) is 5.41 Å². The van der Waals surface area contributed by atoms with E-state index in [1.807, 2.05) is 0 Å².